The predicted molar refractivity (Wildman–Crippen MR) is 105 cm³/mol. The number of H-pyrrole nitrogens is 1. The fourth-order valence-corrected chi connectivity index (χ4v) is 3.14. The zero-order chi connectivity index (χ0) is 18.5. The van der Waals surface area contributed by atoms with E-state index in [-0.39, 0.29) is 0 Å². The number of hydrogen-bond donors (Lipinski definition) is 1. The molecule has 0 amide bonds. The minimum Gasteiger partial charge on any atom is -0.354 e. The summed E-state index contributed by atoms with van der Waals surface area (Å²) in [4.78, 5) is 14.0. The van der Waals surface area contributed by atoms with Crippen molar-refractivity contribution in [1.82, 2.24) is 35.5 Å². The predicted octanol–water partition coefficient (Wildman–Crippen LogP) is 1.97. The van der Waals surface area contributed by atoms with Gasteiger partial charge in [-0.25, -0.2) is 4.98 Å². The summed E-state index contributed by atoms with van der Waals surface area (Å²) in [7, 11) is 2.17. The van der Waals surface area contributed by atoms with E-state index in [9.17, 15) is 0 Å². The van der Waals surface area contributed by atoms with Gasteiger partial charge in [-0.15, -0.1) is 10.2 Å². The maximum absolute atomic E-state index is 4.87. The molecule has 3 heterocycles. The van der Waals surface area contributed by atoms with Crippen LogP contribution in [0.3, 0.4) is 0 Å². The Morgan fingerprint density at radius 2 is 2.04 bits per heavy atom. The van der Waals surface area contributed by atoms with Crippen LogP contribution in [-0.4, -0.2) is 68.7 Å². The van der Waals surface area contributed by atoms with Gasteiger partial charge in [0.25, 0.3) is 0 Å². The van der Waals surface area contributed by atoms with Gasteiger partial charge in [0.2, 0.25) is 0 Å². The van der Waals surface area contributed by atoms with Crippen LogP contribution in [0.2, 0.25) is 0 Å². The third kappa shape index (κ3) is 4.35. The standard InChI is InChI=1S/C19H22N8/c1-26-8-3-9-27(11-10-26)19-14-20-13-17(21-19)16-5-2-4-15(12-16)6-7-18-22-24-25-23-18/h2,4-7,12-14H,3,8-11H2,1H3,(H,22,23,24,25). The number of aromatic amines is 1. The Morgan fingerprint density at radius 1 is 1.07 bits per heavy atom. The van der Waals surface area contributed by atoms with E-state index in [0.29, 0.717) is 5.82 Å². The molecule has 3 aromatic rings. The third-order valence-corrected chi connectivity index (χ3v) is 4.63. The van der Waals surface area contributed by atoms with Crippen LogP contribution in [-0.2, 0) is 0 Å². The van der Waals surface area contributed by atoms with Gasteiger partial charge in [0.15, 0.2) is 5.82 Å². The molecule has 138 valence electrons. The minimum absolute atomic E-state index is 0.549. The molecule has 0 saturated carbocycles. The van der Waals surface area contributed by atoms with Gasteiger partial charge < -0.3 is 9.80 Å². The highest BCUT2D eigenvalue weighted by atomic mass is 15.5. The maximum atomic E-state index is 4.87. The van der Waals surface area contributed by atoms with Gasteiger partial charge in [0.05, 0.1) is 18.1 Å². The molecule has 0 radical (unpaired) electrons. The first kappa shape index (κ1) is 17.3. The molecule has 1 aliphatic heterocycles. The number of anilines is 1. The lowest BCUT2D eigenvalue weighted by Crippen LogP contribution is -2.29. The van der Waals surface area contributed by atoms with Crippen molar-refractivity contribution in [2.24, 2.45) is 0 Å². The minimum atomic E-state index is 0.549. The SMILES string of the molecule is CN1CCCN(c2cncc(-c3cccc(C=Cc4nn[nH]n4)c3)n2)CC1. The maximum Gasteiger partial charge on any atom is 0.197 e. The molecule has 1 aromatic carbocycles. The Balaban J connectivity index is 1.56. The molecule has 8 nitrogen and oxygen atoms in total. The summed E-state index contributed by atoms with van der Waals surface area (Å²) in [5.74, 6) is 1.49. The van der Waals surface area contributed by atoms with Gasteiger partial charge in [-0.05, 0) is 42.9 Å². The van der Waals surface area contributed by atoms with E-state index in [2.05, 4.69) is 54.6 Å². The number of likely N-dealkylation sites (N-methyl/N-ethyl adjacent to an activating group) is 1. The topological polar surface area (TPSA) is 86.7 Å². The van der Waals surface area contributed by atoms with E-state index in [1.165, 1.54) is 0 Å². The van der Waals surface area contributed by atoms with Crippen molar-refractivity contribution in [2.45, 2.75) is 6.42 Å². The average molecular weight is 362 g/mol. The van der Waals surface area contributed by atoms with Gasteiger partial charge in [-0.1, -0.05) is 24.3 Å². The number of aromatic nitrogens is 6. The van der Waals surface area contributed by atoms with Crippen LogP contribution in [0.1, 0.15) is 17.8 Å². The number of tetrazole rings is 1. The highest BCUT2D eigenvalue weighted by Crippen LogP contribution is 2.22. The van der Waals surface area contributed by atoms with E-state index in [0.717, 1.165) is 55.2 Å². The van der Waals surface area contributed by atoms with Crippen molar-refractivity contribution < 1.29 is 0 Å². The molecular formula is C19H22N8. The lowest BCUT2D eigenvalue weighted by molar-refractivity contribution is 0.360. The van der Waals surface area contributed by atoms with Crippen LogP contribution in [0.4, 0.5) is 5.82 Å². The second kappa shape index (κ2) is 8.05. The Hall–Kier alpha value is -3.13. The van der Waals surface area contributed by atoms with Gasteiger partial charge in [-0.2, -0.15) is 5.21 Å². The zero-order valence-electron chi connectivity index (χ0n) is 15.3. The van der Waals surface area contributed by atoms with E-state index >= 15 is 0 Å². The lowest BCUT2D eigenvalue weighted by atomic mass is 10.1. The lowest BCUT2D eigenvalue weighted by Gasteiger charge is -2.21. The highest BCUT2D eigenvalue weighted by molar-refractivity contribution is 5.71. The molecule has 27 heavy (non-hydrogen) atoms. The highest BCUT2D eigenvalue weighted by Gasteiger charge is 2.14. The molecule has 1 fully saturated rings. The molecule has 1 saturated heterocycles. The van der Waals surface area contributed by atoms with E-state index in [1.54, 1.807) is 0 Å². The van der Waals surface area contributed by atoms with Crippen LogP contribution < -0.4 is 4.90 Å². The summed E-state index contributed by atoms with van der Waals surface area (Å²) in [6.07, 6.45) is 8.58. The molecule has 1 N–H and O–H groups in total. The Labute approximate surface area is 158 Å². The van der Waals surface area contributed by atoms with Crippen LogP contribution in [0, 0.1) is 0 Å². The summed E-state index contributed by atoms with van der Waals surface area (Å²) < 4.78 is 0. The van der Waals surface area contributed by atoms with Crippen molar-refractivity contribution in [1.29, 1.82) is 0 Å². The van der Waals surface area contributed by atoms with Crippen LogP contribution in [0.5, 0.6) is 0 Å². The largest absolute Gasteiger partial charge is 0.354 e. The first-order valence-electron chi connectivity index (χ1n) is 9.05. The van der Waals surface area contributed by atoms with Crippen molar-refractivity contribution in [3.8, 4) is 11.3 Å². The van der Waals surface area contributed by atoms with Crippen molar-refractivity contribution in [2.75, 3.05) is 38.1 Å². The number of hydrogen-bond acceptors (Lipinski definition) is 7. The van der Waals surface area contributed by atoms with Gasteiger partial charge in [-0.3, -0.25) is 4.98 Å². The Kier molecular flexibility index (Phi) is 5.15. The fraction of sp³-hybridized carbons (Fsp3) is 0.316. The molecule has 0 unspecified atom stereocenters. The normalized spacial score (nSPS) is 16.0. The number of rotatable bonds is 4. The molecule has 4 rings (SSSR count). The molecule has 0 atom stereocenters. The van der Waals surface area contributed by atoms with Crippen molar-refractivity contribution in [3.63, 3.8) is 0 Å². The number of benzene rings is 1. The molecule has 0 aliphatic carbocycles. The quantitative estimate of drug-likeness (QED) is 0.759. The third-order valence-electron chi connectivity index (χ3n) is 4.63. The molecular weight excluding hydrogens is 340 g/mol. The number of nitrogens with zero attached hydrogens (tertiary/aromatic N) is 7. The van der Waals surface area contributed by atoms with Crippen LogP contribution in [0.15, 0.2) is 36.7 Å². The van der Waals surface area contributed by atoms with Crippen molar-refractivity contribution >= 4 is 18.0 Å². The van der Waals surface area contributed by atoms with E-state index < -0.39 is 0 Å². The second-order valence-electron chi connectivity index (χ2n) is 6.64. The Morgan fingerprint density at radius 3 is 2.93 bits per heavy atom. The Bertz CT molecular complexity index is 906. The molecule has 1 aliphatic rings. The van der Waals surface area contributed by atoms with Gasteiger partial charge >= 0.3 is 0 Å². The van der Waals surface area contributed by atoms with Gasteiger partial charge in [0, 0.05) is 25.2 Å². The van der Waals surface area contributed by atoms with Crippen LogP contribution >= 0.6 is 0 Å². The van der Waals surface area contributed by atoms with Crippen molar-refractivity contribution in [3.05, 3.63) is 48.0 Å². The summed E-state index contributed by atoms with van der Waals surface area (Å²) >= 11 is 0. The fourth-order valence-electron chi connectivity index (χ4n) is 3.14. The molecule has 0 bridgehead atoms. The molecule has 2 aromatic heterocycles. The number of nitrogens with one attached hydrogen (secondary N) is 1. The zero-order valence-corrected chi connectivity index (χ0v) is 15.3. The molecule has 8 heteroatoms. The monoisotopic (exact) mass is 362 g/mol. The second-order valence-corrected chi connectivity index (χ2v) is 6.64. The molecule has 0 spiro atoms. The van der Waals surface area contributed by atoms with Gasteiger partial charge in [0.1, 0.15) is 5.82 Å². The summed E-state index contributed by atoms with van der Waals surface area (Å²) in [6.45, 7) is 4.15. The average Bonchev–Trinajstić information content (AvgIpc) is 3.14. The summed E-state index contributed by atoms with van der Waals surface area (Å²) in [5.41, 5.74) is 2.95. The van der Waals surface area contributed by atoms with Crippen LogP contribution in [0.25, 0.3) is 23.4 Å². The first-order chi connectivity index (χ1) is 13.3. The van der Waals surface area contributed by atoms with E-state index in [1.807, 2.05) is 36.7 Å². The first-order valence-corrected chi connectivity index (χ1v) is 9.05. The summed E-state index contributed by atoms with van der Waals surface area (Å²) in [5, 5.41) is 13.8. The summed E-state index contributed by atoms with van der Waals surface area (Å²) in [6, 6.07) is 8.18. The smallest absolute Gasteiger partial charge is 0.197 e. The van der Waals surface area contributed by atoms with E-state index in [4.69, 9.17) is 4.98 Å².